The number of sulfonamides is 1. The van der Waals surface area contributed by atoms with Crippen LogP contribution in [0.4, 0.5) is 4.39 Å². The van der Waals surface area contributed by atoms with E-state index in [4.69, 9.17) is 9.84 Å². The third-order valence-electron chi connectivity index (χ3n) is 2.82. The van der Waals surface area contributed by atoms with E-state index in [0.717, 1.165) is 22.8 Å². The average molecular weight is 304 g/mol. The fourth-order valence-electron chi connectivity index (χ4n) is 1.91. The number of halogens is 1. The Morgan fingerprint density at radius 1 is 1.55 bits per heavy atom. The molecule has 1 saturated heterocycles. The lowest BCUT2D eigenvalue weighted by Gasteiger charge is -2.31. The van der Waals surface area contributed by atoms with Gasteiger partial charge in [0, 0.05) is 19.3 Å². The number of carbonyl (C=O) groups is 1. The monoisotopic (exact) mass is 304 g/mol. The van der Waals surface area contributed by atoms with Crippen LogP contribution in [-0.4, -0.2) is 54.6 Å². The SMILES string of the molecule is O=C(O)CC1CN(S(=O)(=O)c2cncc(F)c2)CCO1. The highest BCUT2D eigenvalue weighted by Crippen LogP contribution is 2.19. The number of aliphatic carboxylic acids is 1. The van der Waals surface area contributed by atoms with Crippen LogP contribution in [0.1, 0.15) is 6.42 Å². The molecule has 0 aromatic carbocycles. The third kappa shape index (κ3) is 3.30. The number of rotatable bonds is 4. The van der Waals surface area contributed by atoms with Crippen LogP contribution >= 0.6 is 0 Å². The van der Waals surface area contributed by atoms with Gasteiger partial charge in [0.1, 0.15) is 10.7 Å². The van der Waals surface area contributed by atoms with E-state index in [1.807, 2.05) is 0 Å². The molecule has 0 radical (unpaired) electrons. The van der Waals surface area contributed by atoms with Crippen molar-refractivity contribution in [2.24, 2.45) is 0 Å². The molecule has 110 valence electrons. The molecule has 20 heavy (non-hydrogen) atoms. The van der Waals surface area contributed by atoms with Crippen LogP contribution in [0.15, 0.2) is 23.4 Å². The number of ether oxygens (including phenoxy) is 1. The summed E-state index contributed by atoms with van der Waals surface area (Å²) in [7, 11) is -3.90. The van der Waals surface area contributed by atoms with Crippen LogP contribution in [-0.2, 0) is 19.6 Å². The van der Waals surface area contributed by atoms with Crippen LogP contribution in [0, 0.1) is 5.82 Å². The molecular formula is C11H13FN2O5S. The van der Waals surface area contributed by atoms with Crippen molar-refractivity contribution in [3.05, 3.63) is 24.3 Å². The summed E-state index contributed by atoms with van der Waals surface area (Å²) in [5, 5.41) is 8.70. The maximum absolute atomic E-state index is 13.1. The molecule has 9 heteroatoms. The summed E-state index contributed by atoms with van der Waals surface area (Å²) in [5.41, 5.74) is 0. The van der Waals surface area contributed by atoms with Crippen LogP contribution in [0.25, 0.3) is 0 Å². The van der Waals surface area contributed by atoms with Gasteiger partial charge >= 0.3 is 5.97 Å². The zero-order valence-electron chi connectivity index (χ0n) is 10.4. The van der Waals surface area contributed by atoms with E-state index in [9.17, 15) is 17.6 Å². The van der Waals surface area contributed by atoms with Crippen LogP contribution in [0.3, 0.4) is 0 Å². The van der Waals surface area contributed by atoms with Crippen molar-refractivity contribution in [2.45, 2.75) is 17.4 Å². The van der Waals surface area contributed by atoms with Crippen LogP contribution in [0.2, 0.25) is 0 Å². The van der Waals surface area contributed by atoms with Crippen molar-refractivity contribution in [3.8, 4) is 0 Å². The summed E-state index contributed by atoms with van der Waals surface area (Å²) >= 11 is 0. The number of pyridine rings is 1. The van der Waals surface area contributed by atoms with Gasteiger partial charge in [0.2, 0.25) is 10.0 Å². The summed E-state index contributed by atoms with van der Waals surface area (Å²) in [6.07, 6.45) is 0.969. The van der Waals surface area contributed by atoms with Crippen molar-refractivity contribution >= 4 is 16.0 Å². The minimum absolute atomic E-state index is 0.0782. The van der Waals surface area contributed by atoms with Gasteiger partial charge in [-0.15, -0.1) is 0 Å². The molecule has 2 rings (SSSR count). The summed E-state index contributed by atoms with van der Waals surface area (Å²) in [6, 6.07) is 0.879. The molecule has 0 bridgehead atoms. The number of hydrogen-bond donors (Lipinski definition) is 1. The Kier molecular flexibility index (Phi) is 4.31. The van der Waals surface area contributed by atoms with Gasteiger partial charge in [-0.3, -0.25) is 9.78 Å². The lowest BCUT2D eigenvalue weighted by molar-refractivity contribution is -0.141. The summed E-state index contributed by atoms with van der Waals surface area (Å²) < 4.78 is 43.9. The van der Waals surface area contributed by atoms with Gasteiger partial charge in [-0.05, 0) is 6.07 Å². The summed E-state index contributed by atoms with van der Waals surface area (Å²) in [6.45, 7) is 0.111. The quantitative estimate of drug-likeness (QED) is 0.846. The van der Waals surface area contributed by atoms with Gasteiger partial charge in [0.15, 0.2) is 0 Å². The minimum Gasteiger partial charge on any atom is -0.481 e. The van der Waals surface area contributed by atoms with E-state index < -0.39 is 27.9 Å². The Bertz CT molecular complexity index is 607. The maximum Gasteiger partial charge on any atom is 0.306 e. The van der Waals surface area contributed by atoms with E-state index >= 15 is 0 Å². The second kappa shape index (κ2) is 5.81. The number of carboxylic acids is 1. The molecule has 2 heterocycles. The average Bonchev–Trinajstić information content (AvgIpc) is 2.38. The van der Waals surface area contributed by atoms with Gasteiger partial charge in [0.25, 0.3) is 0 Å². The molecule has 1 aliphatic rings. The summed E-state index contributed by atoms with van der Waals surface area (Å²) in [4.78, 5) is 13.9. The predicted octanol–water partition coefficient (Wildman–Crippen LogP) is 0.0849. The lowest BCUT2D eigenvalue weighted by atomic mass is 10.2. The fourth-order valence-corrected chi connectivity index (χ4v) is 3.34. The smallest absolute Gasteiger partial charge is 0.306 e. The molecule has 1 aromatic heterocycles. The number of nitrogens with zero attached hydrogens (tertiary/aromatic N) is 2. The zero-order chi connectivity index (χ0) is 14.8. The molecular weight excluding hydrogens is 291 g/mol. The Morgan fingerprint density at radius 2 is 2.30 bits per heavy atom. The first-order valence-corrected chi connectivity index (χ1v) is 7.27. The number of carboxylic acid groups (broad SMARTS) is 1. The molecule has 1 fully saturated rings. The van der Waals surface area contributed by atoms with Crippen molar-refractivity contribution in [2.75, 3.05) is 19.7 Å². The number of hydrogen-bond acceptors (Lipinski definition) is 5. The van der Waals surface area contributed by atoms with E-state index in [2.05, 4.69) is 4.98 Å². The van der Waals surface area contributed by atoms with Gasteiger partial charge in [-0.2, -0.15) is 4.31 Å². The van der Waals surface area contributed by atoms with E-state index in [0.29, 0.717) is 0 Å². The molecule has 1 aliphatic heterocycles. The normalized spacial score (nSPS) is 20.8. The molecule has 0 amide bonds. The van der Waals surface area contributed by atoms with E-state index in [1.165, 1.54) is 0 Å². The highest BCUT2D eigenvalue weighted by Gasteiger charge is 2.32. The minimum atomic E-state index is -3.90. The Labute approximate surface area is 115 Å². The second-order valence-electron chi connectivity index (χ2n) is 4.29. The van der Waals surface area contributed by atoms with Gasteiger partial charge in [-0.1, -0.05) is 0 Å². The molecule has 0 spiro atoms. The topological polar surface area (TPSA) is 96.8 Å². The largest absolute Gasteiger partial charge is 0.481 e. The first-order chi connectivity index (χ1) is 9.39. The van der Waals surface area contributed by atoms with Crippen LogP contribution in [0.5, 0.6) is 0 Å². The van der Waals surface area contributed by atoms with Crippen LogP contribution < -0.4 is 0 Å². The molecule has 1 unspecified atom stereocenters. The van der Waals surface area contributed by atoms with Crippen molar-refractivity contribution in [1.29, 1.82) is 0 Å². The van der Waals surface area contributed by atoms with Crippen molar-refractivity contribution in [3.63, 3.8) is 0 Å². The number of morpholine rings is 1. The molecule has 0 aliphatic carbocycles. The Balaban J connectivity index is 2.19. The Morgan fingerprint density at radius 3 is 2.95 bits per heavy atom. The second-order valence-corrected chi connectivity index (χ2v) is 6.23. The van der Waals surface area contributed by atoms with Crippen molar-refractivity contribution in [1.82, 2.24) is 9.29 Å². The molecule has 7 nitrogen and oxygen atoms in total. The first kappa shape index (κ1) is 14.8. The highest BCUT2D eigenvalue weighted by molar-refractivity contribution is 7.89. The van der Waals surface area contributed by atoms with E-state index in [1.54, 1.807) is 0 Å². The third-order valence-corrected chi connectivity index (χ3v) is 4.65. The molecule has 1 atom stereocenters. The van der Waals surface area contributed by atoms with Gasteiger partial charge in [0.05, 0.1) is 25.3 Å². The molecule has 0 saturated carbocycles. The zero-order valence-corrected chi connectivity index (χ0v) is 11.2. The van der Waals surface area contributed by atoms with Crippen molar-refractivity contribution < 1.29 is 27.4 Å². The molecule has 1 N–H and O–H groups in total. The van der Waals surface area contributed by atoms with Gasteiger partial charge in [-0.25, -0.2) is 12.8 Å². The summed E-state index contributed by atoms with van der Waals surface area (Å²) in [5.74, 6) is -1.82. The lowest BCUT2D eigenvalue weighted by Crippen LogP contribution is -2.46. The fraction of sp³-hybridized carbons (Fsp3) is 0.455. The Hall–Kier alpha value is -1.58. The standard InChI is InChI=1S/C11H13FN2O5S/c12-8-3-10(6-13-5-8)20(17,18)14-1-2-19-9(7-14)4-11(15)16/h3,5-6,9H,1-2,4,7H2,(H,15,16). The van der Waals surface area contributed by atoms with Gasteiger partial charge < -0.3 is 9.84 Å². The number of aromatic nitrogens is 1. The van der Waals surface area contributed by atoms with E-state index in [-0.39, 0.29) is 31.0 Å². The first-order valence-electron chi connectivity index (χ1n) is 5.83. The predicted molar refractivity (Wildman–Crippen MR) is 64.9 cm³/mol. The highest BCUT2D eigenvalue weighted by atomic mass is 32.2. The molecule has 1 aromatic rings. The maximum atomic E-state index is 13.1.